The van der Waals surface area contributed by atoms with Crippen molar-refractivity contribution in [2.75, 3.05) is 31.5 Å². The van der Waals surface area contributed by atoms with Gasteiger partial charge in [0.15, 0.2) is 0 Å². The Morgan fingerprint density at radius 2 is 1.29 bits per heavy atom. The number of benzene rings is 2. The Labute approximate surface area is 202 Å². The smallest absolute Gasteiger partial charge is 0.272 e. The van der Waals surface area contributed by atoms with Crippen LogP contribution in [0.5, 0.6) is 0 Å². The standard InChI is InChI=1S/C21H23N5O5S3/c1-15-3-7-17(8-4-15)19(27)22-20-23-24-21(32-20)34(30,31)26-13-11-25(12-14-26)33(28,29)18-9-5-16(2)6-10-18/h3-10H,11-14H2,1-2H3,(H,22,23,27). The van der Waals surface area contributed by atoms with Gasteiger partial charge in [-0.05, 0) is 38.1 Å². The molecule has 1 saturated heterocycles. The third-order valence-corrected chi connectivity index (χ3v) is 10.4. The minimum Gasteiger partial charge on any atom is -0.296 e. The molecule has 2 aromatic carbocycles. The second kappa shape index (κ2) is 9.50. The van der Waals surface area contributed by atoms with E-state index >= 15 is 0 Å². The van der Waals surface area contributed by atoms with Crippen molar-refractivity contribution in [3.63, 3.8) is 0 Å². The van der Waals surface area contributed by atoms with Crippen molar-refractivity contribution in [1.82, 2.24) is 18.8 Å². The first-order chi connectivity index (χ1) is 16.1. The van der Waals surface area contributed by atoms with Crippen molar-refractivity contribution < 1.29 is 21.6 Å². The van der Waals surface area contributed by atoms with E-state index in [9.17, 15) is 21.6 Å². The molecule has 0 spiro atoms. The summed E-state index contributed by atoms with van der Waals surface area (Å²) in [4.78, 5) is 12.5. The minimum atomic E-state index is -3.98. The van der Waals surface area contributed by atoms with Gasteiger partial charge in [0, 0.05) is 31.7 Å². The first-order valence-corrected chi connectivity index (χ1v) is 14.1. The van der Waals surface area contributed by atoms with E-state index in [1.165, 1.54) is 8.61 Å². The molecule has 0 bridgehead atoms. The van der Waals surface area contributed by atoms with Gasteiger partial charge in [0.25, 0.3) is 15.9 Å². The highest BCUT2D eigenvalue weighted by atomic mass is 32.2. The third-order valence-electron chi connectivity index (χ3n) is 5.36. The Morgan fingerprint density at radius 1 is 0.794 bits per heavy atom. The number of hydrogen-bond acceptors (Lipinski definition) is 8. The Kier molecular flexibility index (Phi) is 6.82. The quantitative estimate of drug-likeness (QED) is 0.492. The molecule has 1 fully saturated rings. The summed E-state index contributed by atoms with van der Waals surface area (Å²) in [5, 5.41) is 10.1. The molecule has 1 aliphatic heterocycles. The van der Waals surface area contributed by atoms with Crippen LogP contribution in [0, 0.1) is 13.8 Å². The number of sulfonamides is 2. The average molecular weight is 522 g/mol. The summed E-state index contributed by atoms with van der Waals surface area (Å²) in [7, 11) is -7.69. The number of hydrogen-bond donors (Lipinski definition) is 1. The molecule has 3 aromatic rings. The van der Waals surface area contributed by atoms with Gasteiger partial charge in [-0.3, -0.25) is 10.1 Å². The second-order valence-electron chi connectivity index (χ2n) is 7.81. The number of carbonyl (C=O) groups excluding carboxylic acids is 1. The molecule has 13 heteroatoms. The van der Waals surface area contributed by atoms with Gasteiger partial charge in [-0.2, -0.15) is 8.61 Å². The summed E-state index contributed by atoms with van der Waals surface area (Å²) in [5.74, 6) is -0.421. The molecule has 0 unspecified atom stereocenters. The van der Waals surface area contributed by atoms with Gasteiger partial charge in [-0.15, -0.1) is 10.2 Å². The van der Waals surface area contributed by atoms with E-state index in [1.807, 2.05) is 13.8 Å². The molecule has 1 amide bonds. The van der Waals surface area contributed by atoms with Crippen LogP contribution in [-0.2, 0) is 20.0 Å². The summed E-state index contributed by atoms with van der Waals surface area (Å²) < 4.78 is 53.9. The van der Waals surface area contributed by atoms with Crippen LogP contribution in [0.4, 0.5) is 5.13 Å². The van der Waals surface area contributed by atoms with Crippen molar-refractivity contribution in [1.29, 1.82) is 0 Å². The van der Waals surface area contributed by atoms with E-state index < -0.39 is 26.0 Å². The van der Waals surface area contributed by atoms with Crippen molar-refractivity contribution in [3.05, 3.63) is 65.2 Å². The lowest BCUT2D eigenvalue weighted by molar-refractivity contribution is 0.102. The molecular weight excluding hydrogens is 498 g/mol. The van der Waals surface area contributed by atoms with E-state index in [2.05, 4.69) is 15.5 Å². The minimum absolute atomic E-state index is 0.0158. The van der Waals surface area contributed by atoms with Gasteiger partial charge in [-0.25, -0.2) is 16.8 Å². The Bertz CT molecular complexity index is 1390. The summed E-state index contributed by atoms with van der Waals surface area (Å²) >= 11 is 0.749. The Balaban J connectivity index is 1.42. The Morgan fingerprint density at radius 3 is 1.85 bits per heavy atom. The molecule has 2 heterocycles. The van der Waals surface area contributed by atoms with Gasteiger partial charge in [-0.1, -0.05) is 46.7 Å². The van der Waals surface area contributed by atoms with Gasteiger partial charge >= 0.3 is 0 Å². The van der Waals surface area contributed by atoms with E-state index in [0.717, 1.165) is 22.5 Å². The fourth-order valence-corrected chi connectivity index (χ4v) is 7.24. The normalized spacial score (nSPS) is 15.8. The summed E-state index contributed by atoms with van der Waals surface area (Å²) in [6.07, 6.45) is 0. The lowest BCUT2D eigenvalue weighted by Crippen LogP contribution is -2.50. The molecule has 0 radical (unpaired) electrons. The molecule has 10 nitrogen and oxygen atoms in total. The highest BCUT2D eigenvalue weighted by Crippen LogP contribution is 2.26. The van der Waals surface area contributed by atoms with Crippen molar-refractivity contribution >= 4 is 42.4 Å². The maximum absolute atomic E-state index is 13.0. The number of anilines is 1. The first-order valence-electron chi connectivity index (χ1n) is 10.4. The summed E-state index contributed by atoms with van der Waals surface area (Å²) in [5.41, 5.74) is 2.37. The van der Waals surface area contributed by atoms with Crippen molar-refractivity contribution in [2.24, 2.45) is 0 Å². The van der Waals surface area contributed by atoms with Crippen LogP contribution in [0.25, 0.3) is 0 Å². The van der Waals surface area contributed by atoms with Gasteiger partial charge in [0.2, 0.25) is 19.5 Å². The van der Waals surface area contributed by atoms with Gasteiger partial charge in [0.05, 0.1) is 4.90 Å². The highest BCUT2D eigenvalue weighted by Gasteiger charge is 2.35. The fourth-order valence-electron chi connectivity index (χ4n) is 3.36. The molecule has 0 aliphatic carbocycles. The van der Waals surface area contributed by atoms with E-state index in [0.29, 0.717) is 5.56 Å². The van der Waals surface area contributed by atoms with E-state index in [4.69, 9.17) is 0 Å². The van der Waals surface area contributed by atoms with Crippen LogP contribution in [-0.4, -0.2) is 67.7 Å². The lowest BCUT2D eigenvalue weighted by Gasteiger charge is -2.32. The second-order valence-corrected chi connectivity index (χ2v) is 12.8. The average Bonchev–Trinajstić information content (AvgIpc) is 3.29. The van der Waals surface area contributed by atoms with Crippen molar-refractivity contribution in [2.45, 2.75) is 23.1 Å². The molecule has 34 heavy (non-hydrogen) atoms. The number of aromatic nitrogens is 2. The zero-order valence-corrected chi connectivity index (χ0v) is 21.0. The van der Waals surface area contributed by atoms with Crippen LogP contribution >= 0.6 is 11.3 Å². The maximum Gasteiger partial charge on any atom is 0.272 e. The number of piperazine rings is 1. The predicted octanol–water partition coefficient (Wildman–Crippen LogP) is 2.10. The predicted molar refractivity (Wildman–Crippen MR) is 128 cm³/mol. The lowest BCUT2D eigenvalue weighted by atomic mass is 10.1. The zero-order chi connectivity index (χ0) is 24.5. The highest BCUT2D eigenvalue weighted by molar-refractivity contribution is 7.91. The van der Waals surface area contributed by atoms with Crippen LogP contribution in [0.1, 0.15) is 21.5 Å². The molecule has 0 atom stereocenters. The first kappa shape index (κ1) is 24.4. The topological polar surface area (TPSA) is 130 Å². The number of carbonyl (C=O) groups is 1. The number of rotatable bonds is 6. The SMILES string of the molecule is Cc1ccc(C(=O)Nc2nnc(S(=O)(=O)N3CCN(S(=O)(=O)c4ccc(C)cc4)CC3)s2)cc1. The number of aryl methyl sites for hydroxylation is 2. The molecule has 180 valence electrons. The van der Waals surface area contributed by atoms with Gasteiger partial charge in [0.1, 0.15) is 0 Å². The third kappa shape index (κ3) is 5.03. The largest absolute Gasteiger partial charge is 0.296 e. The Hall–Kier alpha value is -2.71. The summed E-state index contributed by atoms with van der Waals surface area (Å²) in [6, 6.07) is 13.4. The molecule has 1 aliphatic rings. The molecule has 0 saturated carbocycles. The van der Waals surface area contributed by atoms with Crippen LogP contribution in [0.2, 0.25) is 0 Å². The monoisotopic (exact) mass is 521 g/mol. The summed E-state index contributed by atoms with van der Waals surface area (Å²) in [6.45, 7) is 3.78. The zero-order valence-electron chi connectivity index (χ0n) is 18.5. The number of nitrogens with one attached hydrogen (secondary N) is 1. The van der Waals surface area contributed by atoms with Crippen LogP contribution in [0.3, 0.4) is 0 Å². The van der Waals surface area contributed by atoms with Crippen LogP contribution in [0.15, 0.2) is 57.8 Å². The van der Waals surface area contributed by atoms with Crippen molar-refractivity contribution in [3.8, 4) is 0 Å². The molecule has 1 N–H and O–H groups in total. The maximum atomic E-state index is 13.0. The molecular formula is C21H23N5O5S3. The van der Waals surface area contributed by atoms with E-state index in [1.54, 1.807) is 48.5 Å². The fraction of sp³-hybridized carbons (Fsp3) is 0.286. The molecule has 1 aromatic heterocycles. The van der Waals surface area contributed by atoms with Crippen LogP contribution < -0.4 is 5.32 Å². The molecule has 4 rings (SSSR count). The van der Waals surface area contributed by atoms with Gasteiger partial charge < -0.3 is 0 Å². The number of nitrogens with zero attached hydrogens (tertiary/aromatic N) is 4. The number of amides is 1. The van der Waals surface area contributed by atoms with E-state index in [-0.39, 0.29) is 40.5 Å².